The molecule has 31 heavy (non-hydrogen) atoms. The molecule has 0 radical (unpaired) electrons. The molecule has 11 heteroatoms. The van der Waals surface area contributed by atoms with E-state index < -0.39 is 18.0 Å². The molecule has 1 N–H and O–H groups in total. The summed E-state index contributed by atoms with van der Waals surface area (Å²) in [5, 5.41) is 21.0. The number of hydrogen-bond donors (Lipinski definition) is 1. The van der Waals surface area contributed by atoms with Crippen LogP contribution in [0.5, 0.6) is 5.75 Å². The Morgan fingerprint density at radius 1 is 1.29 bits per heavy atom. The Kier molecular flexibility index (Phi) is 5.81. The zero-order valence-electron chi connectivity index (χ0n) is 16.3. The van der Waals surface area contributed by atoms with E-state index in [-0.39, 0.29) is 23.3 Å². The highest BCUT2D eigenvalue weighted by molar-refractivity contribution is 7.15. The first-order chi connectivity index (χ1) is 15.0. The Bertz CT molecular complexity index is 1170. The fraction of sp³-hybridized carbons (Fsp3) is 0.300. The maximum atomic E-state index is 13.3. The van der Waals surface area contributed by atoms with E-state index in [1.165, 1.54) is 43.0 Å². The highest BCUT2D eigenvalue weighted by Gasteiger charge is 2.28. The molecule has 0 saturated heterocycles. The molecule has 0 aromatic carbocycles. The summed E-state index contributed by atoms with van der Waals surface area (Å²) in [6, 6.07) is 4.67. The fourth-order valence-electron chi connectivity index (χ4n) is 2.98. The predicted octanol–water partition coefficient (Wildman–Crippen LogP) is 4.14. The maximum absolute atomic E-state index is 13.3. The SMILES string of the molecule is COc1cnc(C(F)F)cc1-c1cc(CC#N)ncc1C(=O)Nc1nnc(C2CC2)s1. The number of hydrogen-bond acceptors (Lipinski definition) is 8. The number of nitrogens with one attached hydrogen (secondary N) is 1. The highest BCUT2D eigenvalue weighted by atomic mass is 32.1. The molecule has 8 nitrogen and oxygen atoms in total. The van der Waals surface area contributed by atoms with E-state index >= 15 is 0 Å². The van der Waals surface area contributed by atoms with E-state index in [2.05, 4.69) is 25.5 Å². The molecule has 0 unspecified atom stereocenters. The average molecular weight is 442 g/mol. The molecule has 4 rings (SSSR count). The Morgan fingerprint density at radius 3 is 2.77 bits per heavy atom. The van der Waals surface area contributed by atoms with Crippen LogP contribution < -0.4 is 10.1 Å². The number of rotatable bonds is 7. The highest BCUT2D eigenvalue weighted by Crippen LogP contribution is 2.42. The average Bonchev–Trinajstić information content (AvgIpc) is 3.52. The molecular weight excluding hydrogens is 426 g/mol. The number of carbonyl (C=O) groups excluding carboxylic acids is 1. The van der Waals surface area contributed by atoms with Crippen molar-refractivity contribution in [2.24, 2.45) is 0 Å². The van der Waals surface area contributed by atoms with Gasteiger partial charge in [0.05, 0.1) is 37.1 Å². The standard InChI is InChI=1S/C20H16F2N6O2S/c1-30-16-9-25-15(17(21)22)7-13(16)12-6-11(4-5-23)24-8-14(12)18(29)26-20-28-27-19(31-20)10-2-3-10/h6-10,17H,2-4H2,1H3,(H,26,28,29). The minimum absolute atomic E-state index is 0.00878. The second-order valence-corrected chi connectivity index (χ2v) is 7.85. The van der Waals surface area contributed by atoms with E-state index in [4.69, 9.17) is 10.00 Å². The van der Waals surface area contributed by atoms with Crippen LogP contribution in [-0.2, 0) is 6.42 Å². The molecule has 0 atom stereocenters. The number of anilines is 1. The Labute approximate surface area is 179 Å². The number of halogens is 2. The quantitative estimate of drug-likeness (QED) is 0.585. The van der Waals surface area contributed by atoms with Crippen molar-refractivity contribution >= 4 is 22.4 Å². The molecule has 0 aliphatic heterocycles. The summed E-state index contributed by atoms with van der Waals surface area (Å²) in [6.45, 7) is 0. The Morgan fingerprint density at radius 2 is 2.10 bits per heavy atom. The number of pyridine rings is 2. The lowest BCUT2D eigenvalue weighted by atomic mass is 9.98. The van der Waals surface area contributed by atoms with Crippen molar-refractivity contribution in [3.63, 3.8) is 0 Å². The largest absolute Gasteiger partial charge is 0.494 e. The van der Waals surface area contributed by atoms with Gasteiger partial charge in [-0.05, 0) is 25.0 Å². The third-order valence-electron chi connectivity index (χ3n) is 4.68. The van der Waals surface area contributed by atoms with Gasteiger partial charge in [-0.3, -0.25) is 20.1 Å². The maximum Gasteiger partial charge on any atom is 0.280 e. The van der Waals surface area contributed by atoms with Crippen LogP contribution >= 0.6 is 11.3 Å². The van der Waals surface area contributed by atoms with Crippen LogP contribution in [0.15, 0.2) is 24.5 Å². The summed E-state index contributed by atoms with van der Waals surface area (Å²) < 4.78 is 31.8. The van der Waals surface area contributed by atoms with Gasteiger partial charge < -0.3 is 4.74 Å². The van der Waals surface area contributed by atoms with Gasteiger partial charge in [-0.2, -0.15) is 5.26 Å². The molecular formula is C20H16F2N6O2S. The van der Waals surface area contributed by atoms with Gasteiger partial charge >= 0.3 is 0 Å². The first-order valence-corrected chi connectivity index (χ1v) is 10.1. The number of aromatic nitrogens is 4. The molecule has 1 aliphatic rings. The minimum atomic E-state index is -2.80. The minimum Gasteiger partial charge on any atom is -0.494 e. The summed E-state index contributed by atoms with van der Waals surface area (Å²) in [7, 11) is 1.38. The summed E-state index contributed by atoms with van der Waals surface area (Å²) in [4.78, 5) is 20.9. The molecule has 1 amide bonds. The predicted molar refractivity (Wildman–Crippen MR) is 108 cm³/mol. The van der Waals surface area contributed by atoms with Gasteiger partial charge in [0.1, 0.15) is 16.5 Å². The molecule has 1 aliphatic carbocycles. The Hall–Kier alpha value is -3.52. The van der Waals surface area contributed by atoms with Crippen LogP contribution in [0.1, 0.15) is 51.9 Å². The van der Waals surface area contributed by atoms with Crippen molar-refractivity contribution in [1.82, 2.24) is 20.2 Å². The zero-order chi connectivity index (χ0) is 22.0. The molecule has 0 bridgehead atoms. The van der Waals surface area contributed by atoms with Gasteiger partial charge in [-0.1, -0.05) is 11.3 Å². The fourth-order valence-corrected chi connectivity index (χ4v) is 3.88. The summed E-state index contributed by atoms with van der Waals surface area (Å²) in [5.74, 6) is 0.0842. The summed E-state index contributed by atoms with van der Waals surface area (Å²) in [5.41, 5.74) is 0.591. The third kappa shape index (κ3) is 4.49. The van der Waals surface area contributed by atoms with Crippen LogP contribution in [0.4, 0.5) is 13.9 Å². The second kappa shape index (κ2) is 8.69. The van der Waals surface area contributed by atoms with Crippen molar-refractivity contribution in [2.45, 2.75) is 31.6 Å². The van der Waals surface area contributed by atoms with Crippen molar-refractivity contribution < 1.29 is 18.3 Å². The van der Waals surface area contributed by atoms with Gasteiger partial charge in [-0.25, -0.2) is 8.78 Å². The number of nitrogens with zero attached hydrogens (tertiary/aromatic N) is 5. The van der Waals surface area contributed by atoms with Gasteiger partial charge in [0.2, 0.25) is 5.13 Å². The van der Waals surface area contributed by atoms with E-state index in [0.717, 1.165) is 17.8 Å². The van der Waals surface area contributed by atoms with E-state index in [0.29, 0.717) is 22.3 Å². The van der Waals surface area contributed by atoms with Crippen LogP contribution in [0.3, 0.4) is 0 Å². The van der Waals surface area contributed by atoms with Gasteiger partial charge in [-0.15, -0.1) is 10.2 Å². The van der Waals surface area contributed by atoms with E-state index in [1.807, 2.05) is 6.07 Å². The molecule has 1 saturated carbocycles. The lowest BCUT2D eigenvalue weighted by molar-refractivity contribution is 0.102. The first-order valence-electron chi connectivity index (χ1n) is 9.33. The smallest absolute Gasteiger partial charge is 0.280 e. The number of nitriles is 1. The Balaban J connectivity index is 1.75. The van der Waals surface area contributed by atoms with Crippen LogP contribution in [0.25, 0.3) is 11.1 Å². The van der Waals surface area contributed by atoms with Crippen molar-refractivity contribution in [1.29, 1.82) is 5.26 Å². The number of ether oxygens (including phenoxy) is 1. The summed E-state index contributed by atoms with van der Waals surface area (Å²) >= 11 is 1.30. The monoisotopic (exact) mass is 442 g/mol. The molecule has 3 heterocycles. The van der Waals surface area contributed by atoms with E-state index in [9.17, 15) is 13.6 Å². The van der Waals surface area contributed by atoms with Crippen LogP contribution in [-0.4, -0.2) is 33.2 Å². The second-order valence-electron chi connectivity index (χ2n) is 6.84. The molecule has 3 aromatic rings. The van der Waals surface area contributed by atoms with Crippen LogP contribution in [0, 0.1) is 11.3 Å². The van der Waals surface area contributed by atoms with E-state index in [1.54, 1.807) is 0 Å². The van der Waals surface area contributed by atoms with Gasteiger partial charge in [0.25, 0.3) is 12.3 Å². The number of carbonyl (C=O) groups is 1. The molecule has 158 valence electrons. The van der Waals surface area contributed by atoms with Crippen molar-refractivity contribution in [2.75, 3.05) is 12.4 Å². The molecule has 3 aromatic heterocycles. The summed E-state index contributed by atoms with van der Waals surface area (Å²) in [6.07, 6.45) is 1.80. The number of methoxy groups -OCH3 is 1. The molecule has 0 spiro atoms. The number of amides is 1. The topological polar surface area (TPSA) is 114 Å². The van der Waals surface area contributed by atoms with Gasteiger partial charge in [0.15, 0.2) is 0 Å². The normalized spacial score (nSPS) is 13.1. The van der Waals surface area contributed by atoms with Gasteiger partial charge in [0, 0.05) is 23.2 Å². The molecule has 1 fully saturated rings. The zero-order valence-corrected chi connectivity index (χ0v) is 17.1. The third-order valence-corrected chi connectivity index (χ3v) is 5.68. The van der Waals surface area contributed by atoms with Crippen molar-refractivity contribution in [3.05, 3.63) is 46.5 Å². The van der Waals surface area contributed by atoms with Crippen molar-refractivity contribution in [3.8, 4) is 22.9 Å². The van der Waals surface area contributed by atoms with Crippen LogP contribution in [0.2, 0.25) is 0 Å². The first kappa shape index (κ1) is 20.7. The lowest BCUT2D eigenvalue weighted by Gasteiger charge is -2.14. The number of alkyl halides is 2. The lowest BCUT2D eigenvalue weighted by Crippen LogP contribution is -2.14.